The first-order chi connectivity index (χ1) is 9.83. The summed E-state index contributed by atoms with van der Waals surface area (Å²) in [7, 11) is -2.58. The molecule has 0 amide bonds. The predicted octanol–water partition coefficient (Wildman–Crippen LogP) is 2.28. The van der Waals surface area contributed by atoms with Crippen molar-refractivity contribution in [2.45, 2.75) is 4.90 Å². The number of halogens is 2. The van der Waals surface area contributed by atoms with Crippen LogP contribution < -0.4 is 15.2 Å². The van der Waals surface area contributed by atoms with Gasteiger partial charge in [0.1, 0.15) is 27.9 Å². The third-order valence-corrected chi connectivity index (χ3v) is 4.71. The zero-order valence-corrected chi connectivity index (χ0v) is 13.8. The summed E-state index contributed by atoms with van der Waals surface area (Å²) >= 11 is 8.89. The van der Waals surface area contributed by atoms with Crippen LogP contribution in [-0.2, 0) is 10.0 Å². The Morgan fingerprint density at radius 3 is 2.67 bits per heavy atom. The van der Waals surface area contributed by atoms with Gasteiger partial charge in [-0.1, -0.05) is 11.6 Å². The van der Waals surface area contributed by atoms with E-state index in [1.165, 1.54) is 25.3 Å². The van der Waals surface area contributed by atoms with Gasteiger partial charge in [-0.05, 0) is 28.1 Å². The number of sulfonamides is 1. The molecule has 0 bridgehead atoms. The molecular weight excluding hydrogens is 384 g/mol. The van der Waals surface area contributed by atoms with E-state index < -0.39 is 10.0 Å². The van der Waals surface area contributed by atoms with Crippen molar-refractivity contribution in [1.29, 1.82) is 0 Å². The van der Waals surface area contributed by atoms with E-state index in [2.05, 4.69) is 30.6 Å². The van der Waals surface area contributed by atoms with E-state index in [1.54, 1.807) is 0 Å². The van der Waals surface area contributed by atoms with Crippen LogP contribution in [-0.4, -0.2) is 25.5 Å². The fourth-order valence-electron chi connectivity index (χ4n) is 1.50. The number of methoxy groups -OCH3 is 1. The van der Waals surface area contributed by atoms with Crippen LogP contribution in [0.2, 0.25) is 5.15 Å². The second-order valence-electron chi connectivity index (χ2n) is 3.86. The molecule has 10 heteroatoms. The summed E-state index contributed by atoms with van der Waals surface area (Å²) < 4.78 is 32.7. The fraction of sp³-hybridized carbons (Fsp3) is 0.0909. The molecule has 2 aromatic rings. The number of hydrogen-bond acceptors (Lipinski definition) is 6. The lowest BCUT2D eigenvalue weighted by atomic mass is 10.3. The van der Waals surface area contributed by atoms with E-state index in [0.717, 1.165) is 6.33 Å². The van der Waals surface area contributed by atoms with E-state index in [9.17, 15) is 8.42 Å². The van der Waals surface area contributed by atoms with Crippen molar-refractivity contribution in [3.05, 3.63) is 34.2 Å². The van der Waals surface area contributed by atoms with Crippen molar-refractivity contribution >= 4 is 49.1 Å². The molecule has 0 atom stereocenters. The second-order valence-corrected chi connectivity index (χ2v) is 6.75. The van der Waals surface area contributed by atoms with Crippen molar-refractivity contribution in [3.8, 4) is 5.75 Å². The number of nitrogens with two attached hydrogens (primary N) is 1. The normalized spacial score (nSPS) is 11.2. The van der Waals surface area contributed by atoms with Crippen molar-refractivity contribution in [3.63, 3.8) is 0 Å². The molecule has 1 aromatic heterocycles. The van der Waals surface area contributed by atoms with Crippen molar-refractivity contribution in [2.24, 2.45) is 0 Å². The molecule has 0 aliphatic heterocycles. The van der Waals surface area contributed by atoms with Crippen LogP contribution >= 0.6 is 27.5 Å². The highest BCUT2D eigenvalue weighted by Gasteiger charge is 2.22. The maximum absolute atomic E-state index is 12.4. The Kier molecular flexibility index (Phi) is 4.55. The van der Waals surface area contributed by atoms with E-state index in [1.807, 2.05) is 0 Å². The van der Waals surface area contributed by atoms with Gasteiger partial charge in [0.2, 0.25) is 0 Å². The Bertz CT molecular complexity index is 785. The molecule has 7 nitrogen and oxygen atoms in total. The van der Waals surface area contributed by atoms with Crippen LogP contribution in [0.1, 0.15) is 0 Å². The largest absolute Gasteiger partial charge is 0.495 e. The molecule has 3 N–H and O–H groups in total. The lowest BCUT2D eigenvalue weighted by Gasteiger charge is -2.12. The van der Waals surface area contributed by atoms with Gasteiger partial charge in [-0.15, -0.1) is 0 Å². The van der Waals surface area contributed by atoms with Crippen LogP contribution in [0.15, 0.2) is 33.9 Å². The monoisotopic (exact) mass is 392 g/mol. The summed E-state index contributed by atoms with van der Waals surface area (Å²) in [5.41, 5.74) is 5.98. The number of ether oxygens (including phenoxy) is 1. The maximum atomic E-state index is 12.4. The first-order valence-corrected chi connectivity index (χ1v) is 8.12. The lowest BCUT2D eigenvalue weighted by molar-refractivity contribution is 0.402. The van der Waals surface area contributed by atoms with Gasteiger partial charge in [-0.2, -0.15) is 0 Å². The summed E-state index contributed by atoms with van der Waals surface area (Å²) in [6.07, 6.45) is 1.15. The van der Waals surface area contributed by atoms with Crippen LogP contribution in [0.4, 0.5) is 11.5 Å². The Morgan fingerprint density at radius 1 is 1.33 bits per heavy atom. The number of benzene rings is 1. The van der Waals surface area contributed by atoms with Gasteiger partial charge in [0.05, 0.1) is 7.11 Å². The smallest absolute Gasteiger partial charge is 0.266 e. The fourth-order valence-corrected chi connectivity index (χ4v) is 3.16. The molecule has 2 rings (SSSR count). The van der Waals surface area contributed by atoms with E-state index in [4.69, 9.17) is 22.1 Å². The van der Waals surface area contributed by atoms with Gasteiger partial charge in [0.25, 0.3) is 10.0 Å². The van der Waals surface area contributed by atoms with Gasteiger partial charge in [0, 0.05) is 16.2 Å². The van der Waals surface area contributed by atoms with Gasteiger partial charge in [-0.25, -0.2) is 18.4 Å². The quantitative estimate of drug-likeness (QED) is 0.609. The van der Waals surface area contributed by atoms with Gasteiger partial charge in [-0.3, -0.25) is 4.72 Å². The minimum Gasteiger partial charge on any atom is -0.495 e. The lowest BCUT2D eigenvalue weighted by Crippen LogP contribution is -2.15. The highest BCUT2D eigenvalue weighted by molar-refractivity contribution is 9.10. The number of nitrogens with zero attached hydrogens (tertiary/aromatic N) is 2. The van der Waals surface area contributed by atoms with E-state index in [0.29, 0.717) is 4.47 Å². The van der Waals surface area contributed by atoms with Crippen molar-refractivity contribution in [2.75, 3.05) is 17.6 Å². The molecule has 0 saturated carbocycles. The molecule has 0 aliphatic carbocycles. The minimum atomic E-state index is -3.94. The molecule has 21 heavy (non-hydrogen) atoms. The maximum Gasteiger partial charge on any atom is 0.266 e. The number of hydrogen-bond donors (Lipinski definition) is 2. The summed E-state index contributed by atoms with van der Waals surface area (Å²) in [6, 6.07) is 4.04. The van der Waals surface area contributed by atoms with Gasteiger partial charge < -0.3 is 10.5 Å². The standard InChI is InChI=1S/C11H10BrClN4O3S/c1-20-8-2-6(12)7(14)3-9(8)21(18,19)17-11-4-10(13)15-5-16-11/h2-5H,14H2,1H3,(H,15,16,17). The van der Waals surface area contributed by atoms with Crippen LogP contribution in [0.25, 0.3) is 0 Å². The molecular formula is C11H10BrClN4O3S. The van der Waals surface area contributed by atoms with Crippen LogP contribution in [0.5, 0.6) is 5.75 Å². The second kappa shape index (κ2) is 6.04. The third-order valence-electron chi connectivity index (χ3n) is 2.45. The highest BCUT2D eigenvalue weighted by Crippen LogP contribution is 2.33. The number of anilines is 2. The van der Waals surface area contributed by atoms with Crippen LogP contribution in [0.3, 0.4) is 0 Å². The Morgan fingerprint density at radius 2 is 2.05 bits per heavy atom. The Labute approximate surface area is 134 Å². The average Bonchev–Trinajstić information content (AvgIpc) is 2.40. The van der Waals surface area contributed by atoms with E-state index in [-0.39, 0.29) is 27.3 Å². The van der Waals surface area contributed by atoms with Crippen LogP contribution in [0, 0.1) is 0 Å². The van der Waals surface area contributed by atoms with E-state index >= 15 is 0 Å². The summed E-state index contributed by atoms with van der Waals surface area (Å²) in [6.45, 7) is 0. The zero-order valence-electron chi connectivity index (χ0n) is 10.7. The number of nitrogen functional groups attached to an aromatic ring is 1. The van der Waals surface area contributed by atoms with Crippen molar-refractivity contribution in [1.82, 2.24) is 9.97 Å². The molecule has 0 aliphatic rings. The molecule has 0 radical (unpaired) electrons. The zero-order chi connectivity index (χ0) is 15.6. The molecule has 0 fully saturated rings. The molecule has 1 heterocycles. The van der Waals surface area contributed by atoms with Gasteiger partial charge in [0.15, 0.2) is 0 Å². The summed E-state index contributed by atoms with van der Waals surface area (Å²) in [5, 5.41) is 0.116. The number of rotatable bonds is 4. The highest BCUT2D eigenvalue weighted by atomic mass is 79.9. The van der Waals surface area contributed by atoms with Gasteiger partial charge >= 0.3 is 0 Å². The predicted molar refractivity (Wildman–Crippen MR) is 83.0 cm³/mol. The Hall–Kier alpha value is -1.58. The molecule has 0 spiro atoms. The SMILES string of the molecule is COc1cc(Br)c(N)cc1S(=O)(=O)Nc1cc(Cl)ncn1. The first-order valence-electron chi connectivity index (χ1n) is 5.47. The Balaban J connectivity index is 2.47. The number of nitrogens with one attached hydrogen (secondary N) is 1. The van der Waals surface area contributed by atoms with Crippen molar-refractivity contribution < 1.29 is 13.2 Å². The molecule has 0 saturated heterocycles. The minimum absolute atomic E-state index is 0.0403. The first kappa shape index (κ1) is 15.8. The molecule has 0 unspecified atom stereocenters. The summed E-state index contributed by atoms with van der Waals surface area (Å²) in [4.78, 5) is 7.34. The molecule has 1 aromatic carbocycles. The summed E-state index contributed by atoms with van der Waals surface area (Å²) in [5.74, 6) is 0.183. The topological polar surface area (TPSA) is 107 Å². The third kappa shape index (κ3) is 3.55. The molecule has 112 valence electrons. The number of aromatic nitrogens is 2. The average molecular weight is 394 g/mol.